The Labute approximate surface area is 157 Å². The van der Waals surface area contributed by atoms with E-state index in [1.54, 1.807) is 0 Å². The number of nitrogens with one attached hydrogen (secondary N) is 1. The Morgan fingerprint density at radius 3 is 2.74 bits per heavy atom. The first-order chi connectivity index (χ1) is 10.5. The van der Waals surface area contributed by atoms with Crippen molar-refractivity contribution in [1.29, 1.82) is 0 Å². The Balaban J connectivity index is 0.00000264. The number of halogens is 1. The summed E-state index contributed by atoms with van der Waals surface area (Å²) in [4.78, 5) is 6.83. The molecule has 1 saturated heterocycles. The highest BCUT2D eigenvalue weighted by molar-refractivity contribution is 14.0. The first kappa shape index (κ1) is 20.3. The second-order valence-electron chi connectivity index (χ2n) is 6.76. The van der Waals surface area contributed by atoms with Gasteiger partial charge in [-0.25, -0.2) is 0 Å². The predicted octanol–water partition coefficient (Wildman–Crippen LogP) is 3.40. The Bertz CT molecular complexity index is 493. The Hall–Kier alpha value is -0.790. The van der Waals surface area contributed by atoms with Crippen molar-refractivity contribution in [1.82, 2.24) is 15.4 Å². The number of aryl methyl sites for hydroxylation is 2. The summed E-state index contributed by atoms with van der Waals surface area (Å²) in [5.74, 6) is 3.53. The molecular formula is C17H31IN4O. The van der Waals surface area contributed by atoms with Crippen LogP contribution in [0.5, 0.6) is 0 Å². The van der Waals surface area contributed by atoms with Crippen LogP contribution in [0.25, 0.3) is 0 Å². The van der Waals surface area contributed by atoms with Crippen LogP contribution in [0.3, 0.4) is 0 Å². The summed E-state index contributed by atoms with van der Waals surface area (Å²) < 4.78 is 5.21. The lowest BCUT2D eigenvalue weighted by molar-refractivity contribution is 0.392. The number of hydrogen-bond acceptors (Lipinski definition) is 3. The molecule has 0 spiro atoms. The van der Waals surface area contributed by atoms with Crippen molar-refractivity contribution in [2.24, 2.45) is 16.8 Å². The molecule has 0 aromatic carbocycles. The van der Waals surface area contributed by atoms with Gasteiger partial charge >= 0.3 is 0 Å². The third-order valence-electron chi connectivity index (χ3n) is 4.44. The lowest BCUT2D eigenvalue weighted by Crippen LogP contribution is -2.41. The quantitative estimate of drug-likeness (QED) is 0.439. The van der Waals surface area contributed by atoms with Crippen LogP contribution >= 0.6 is 24.0 Å². The SMILES string of the molecule is CN=C(NCCc1c(C)noc1C)N1CCC(CC(C)C)C1.I. The monoisotopic (exact) mass is 434 g/mol. The molecule has 1 aromatic rings. The molecule has 0 amide bonds. The van der Waals surface area contributed by atoms with Crippen molar-refractivity contribution in [3.05, 3.63) is 17.0 Å². The van der Waals surface area contributed by atoms with Gasteiger partial charge in [0, 0.05) is 32.2 Å². The summed E-state index contributed by atoms with van der Waals surface area (Å²) in [5.41, 5.74) is 2.20. The molecule has 1 aliphatic heterocycles. The fourth-order valence-electron chi connectivity index (χ4n) is 3.37. The summed E-state index contributed by atoms with van der Waals surface area (Å²) in [6.45, 7) is 11.7. The van der Waals surface area contributed by atoms with Crippen molar-refractivity contribution < 1.29 is 4.52 Å². The van der Waals surface area contributed by atoms with Crippen molar-refractivity contribution >= 4 is 29.9 Å². The highest BCUT2D eigenvalue weighted by Gasteiger charge is 2.25. The molecule has 0 saturated carbocycles. The van der Waals surface area contributed by atoms with Gasteiger partial charge in [0.25, 0.3) is 0 Å². The fourth-order valence-corrected chi connectivity index (χ4v) is 3.37. The van der Waals surface area contributed by atoms with Crippen LogP contribution in [0.2, 0.25) is 0 Å². The average Bonchev–Trinajstić information content (AvgIpc) is 3.03. The summed E-state index contributed by atoms with van der Waals surface area (Å²) in [6, 6.07) is 0. The smallest absolute Gasteiger partial charge is 0.193 e. The zero-order chi connectivity index (χ0) is 16.1. The summed E-state index contributed by atoms with van der Waals surface area (Å²) in [7, 11) is 1.87. The van der Waals surface area contributed by atoms with Gasteiger partial charge in [-0.15, -0.1) is 24.0 Å². The molecule has 1 atom stereocenters. The molecule has 132 valence electrons. The summed E-state index contributed by atoms with van der Waals surface area (Å²) in [5, 5.41) is 7.49. The topological polar surface area (TPSA) is 53.7 Å². The van der Waals surface area contributed by atoms with Crippen LogP contribution in [0.15, 0.2) is 9.52 Å². The van der Waals surface area contributed by atoms with E-state index in [1.807, 2.05) is 20.9 Å². The van der Waals surface area contributed by atoms with E-state index in [1.165, 1.54) is 18.4 Å². The molecule has 1 unspecified atom stereocenters. The zero-order valence-electron chi connectivity index (χ0n) is 15.1. The van der Waals surface area contributed by atoms with Crippen molar-refractivity contribution in [2.75, 3.05) is 26.7 Å². The van der Waals surface area contributed by atoms with Gasteiger partial charge in [0.1, 0.15) is 5.76 Å². The molecule has 1 aliphatic rings. The largest absolute Gasteiger partial charge is 0.361 e. The molecule has 1 fully saturated rings. The van der Waals surface area contributed by atoms with Crippen molar-refractivity contribution in [2.45, 2.75) is 47.0 Å². The van der Waals surface area contributed by atoms with Crippen LogP contribution in [-0.2, 0) is 6.42 Å². The van der Waals surface area contributed by atoms with E-state index in [4.69, 9.17) is 4.52 Å². The van der Waals surface area contributed by atoms with Gasteiger partial charge in [-0.05, 0) is 44.9 Å². The molecule has 2 rings (SSSR count). The van der Waals surface area contributed by atoms with Crippen LogP contribution in [0.1, 0.15) is 43.7 Å². The molecule has 5 nitrogen and oxygen atoms in total. The molecule has 0 radical (unpaired) electrons. The lowest BCUT2D eigenvalue weighted by Gasteiger charge is -2.22. The average molecular weight is 434 g/mol. The minimum atomic E-state index is 0. The maximum Gasteiger partial charge on any atom is 0.193 e. The number of guanidine groups is 1. The third kappa shape index (κ3) is 5.65. The second-order valence-corrected chi connectivity index (χ2v) is 6.76. The molecule has 23 heavy (non-hydrogen) atoms. The van der Waals surface area contributed by atoms with Gasteiger partial charge in [-0.2, -0.15) is 0 Å². The maximum atomic E-state index is 5.21. The summed E-state index contributed by atoms with van der Waals surface area (Å²) >= 11 is 0. The van der Waals surface area contributed by atoms with E-state index in [0.717, 1.165) is 55.3 Å². The number of nitrogens with zero attached hydrogens (tertiary/aromatic N) is 3. The van der Waals surface area contributed by atoms with Crippen molar-refractivity contribution in [3.8, 4) is 0 Å². The van der Waals surface area contributed by atoms with Gasteiger partial charge in [0.05, 0.1) is 5.69 Å². The number of rotatable bonds is 5. The van der Waals surface area contributed by atoms with E-state index >= 15 is 0 Å². The standard InChI is InChI=1S/C17H30N4O.HI/c1-12(2)10-15-7-9-21(11-15)17(18-5)19-8-6-16-13(3)20-22-14(16)4;/h12,15H,6-11H2,1-5H3,(H,18,19);1H. The Morgan fingerprint density at radius 2 is 2.17 bits per heavy atom. The molecule has 2 heterocycles. The number of hydrogen-bond donors (Lipinski definition) is 1. The number of likely N-dealkylation sites (tertiary alicyclic amines) is 1. The van der Waals surface area contributed by atoms with Crippen molar-refractivity contribution in [3.63, 3.8) is 0 Å². The number of aliphatic imine (C=N–C) groups is 1. The maximum absolute atomic E-state index is 5.21. The number of aromatic nitrogens is 1. The Kier molecular flexibility index (Phi) is 8.36. The highest BCUT2D eigenvalue weighted by atomic mass is 127. The van der Waals surface area contributed by atoms with Crippen LogP contribution in [0, 0.1) is 25.7 Å². The van der Waals surface area contributed by atoms with E-state index < -0.39 is 0 Å². The van der Waals surface area contributed by atoms with Crippen LogP contribution < -0.4 is 5.32 Å². The zero-order valence-corrected chi connectivity index (χ0v) is 17.4. The van der Waals surface area contributed by atoms with Gasteiger partial charge in [-0.3, -0.25) is 4.99 Å². The first-order valence-corrected chi connectivity index (χ1v) is 8.38. The first-order valence-electron chi connectivity index (χ1n) is 8.38. The Morgan fingerprint density at radius 1 is 1.43 bits per heavy atom. The van der Waals surface area contributed by atoms with Crippen LogP contribution in [-0.4, -0.2) is 42.7 Å². The molecule has 0 bridgehead atoms. The minimum Gasteiger partial charge on any atom is -0.361 e. The second kappa shape index (κ2) is 9.49. The van der Waals surface area contributed by atoms with E-state index in [2.05, 4.69) is 34.2 Å². The summed E-state index contributed by atoms with van der Waals surface area (Å²) in [6.07, 6.45) is 3.51. The lowest BCUT2D eigenvalue weighted by atomic mass is 9.97. The van der Waals surface area contributed by atoms with E-state index in [-0.39, 0.29) is 24.0 Å². The van der Waals surface area contributed by atoms with E-state index in [0.29, 0.717) is 0 Å². The molecular weight excluding hydrogens is 403 g/mol. The molecule has 1 N–H and O–H groups in total. The highest BCUT2D eigenvalue weighted by Crippen LogP contribution is 2.23. The molecule has 6 heteroatoms. The van der Waals surface area contributed by atoms with E-state index in [9.17, 15) is 0 Å². The van der Waals surface area contributed by atoms with Gasteiger partial charge in [0.15, 0.2) is 5.96 Å². The van der Waals surface area contributed by atoms with Gasteiger partial charge < -0.3 is 14.7 Å². The molecule has 0 aliphatic carbocycles. The predicted molar refractivity (Wildman–Crippen MR) is 106 cm³/mol. The van der Waals surface area contributed by atoms with Crippen LogP contribution in [0.4, 0.5) is 0 Å². The third-order valence-corrected chi connectivity index (χ3v) is 4.44. The molecule has 1 aromatic heterocycles. The normalized spacial score (nSPS) is 18.4. The fraction of sp³-hybridized carbons (Fsp3) is 0.765. The van der Waals surface area contributed by atoms with Gasteiger partial charge in [-0.1, -0.05) is 19.0 Å². The minimum absolute atomic E-state index is 0. The van der Waals surface area contributed by atoms with Gasteiger partial charge in [0.2, 0.25) is 0 Å².